The lowest BCUT2D eigenvalue weighted by atomic mass is 10.0. The minimum atomic E-state index is -0.536. The van der Waals surface area contributed by atoms with Gasteiger partial charge in [0.25, 0.3) is 5.91 Å². The van der Waals surface area contributed by atoms with Crippen molar-refractivity contribution < 1.29 is 13.9 Å². The van der Waals surface area contributed by atoms with Crippen LogP contribution in [-0.4, -0.2) is 37.1 Å². The number of halogens is 1. The average molecular weight is 392 g/mol. The van der Waals surface area contributed by atoms with Gasteiger partial charge >= 0.3 is 0 Å². The SMILES string of the molecule is NC(=O)c1ccc(N2CCNCC2)nc1-c1ccc(Oc2ccccc2F)cc1. The topological polar surface area (TPSA) is 80.5 Å². The number of hydrogen-bond acceptors (Lipinski definition) is 5. The molecule has 4 rings (SSSR count). The zero-order chi connectivity index (χ0) is 20.2. The molecule has 0 spiro atoms. The van der Waals surface area contributed by atoms with Gasteiger partial charge in [0.1, 0.15) is 11.6 Å². The van der Waals surface area contributed by atoms with E-state index >= 15 is 0 Å². The van der Waals surface area contributed by atoms with Crippen LogP contribution in [0.3, 0.4) is 0 Å². The number of primary amides is 1. The van der Waals surface area contributed by atoms with Crippen LogP contribution in [0.1, 0.15) is 10.4 Å². The van der Waals surface area contributed by atoms with E-state index in [0.717, 1.165) is 37.6 Å². The van der Waals surface area contributed by atoms with E-state index in [9.17, 15) is 9.18 Å². The molecule has 0 saturated carbocycles. The second kappa shape index (κ2) is 8.28. The molecule has 29 heavy (non-hydrogen) atoms. The average Bonchev–Trinajstić information content (AvgIpc) is 2.76. The van der Waals surface area contributed by atoms with Crippen molar-refractivity contribution in [1.82, 2.24) is 10.3 Å². The summed E-state index contributed by atoms with van der Waals surface area (Å²) in [6.45, 7) is 3.46. The molecule has 0 unspecified atom stereocenters. The molecule has 0 aliphatic carbocycles. The highest BCUT2D eigenvalue weighted by Crippen LogP contribution is 2.29. The van der Waals surface area contributed by atoms with Crippen molar-refractivity contribution in [3.63, 3.8) is 0 Å². The zero-order valence-electron chi connectivity index (χ0n) is 15.8. The van der Waals surface area contributed by atoms with E-state index in [2.05, 4.69) is 10.2 Å². The van der Waals surface area contributed by atoms with Crippen LogP contribution in [0.2, 0.25) is 0 Å². The third-order valence-corrected chi connectivity index (χ3v) is 4.78. The van der Waals surface area contributed by atoms with E-state index in [0.29, 0.717) is 17.0 Å². The number of para-hydroxylation sites is 1. The van der Waals surface area contributed by atoms with Gasteiger partial charge in [-0.2, -0.15) is 0 Å². The highest BCUT2D eigenvalue weighted by atomic mass is 19.1. The van der Waals surface area contributed by atoms with E-state index in [1.165, 1.54) is 6.07 Å². The smallest absolute Gasteiger partial charge is 0.250 e. The van der Waals surface area contributed by atoms with E-state index in [4.69, 9.17) is 15.5 Å². The zero-order valence-corrected chi connectivity index (χ0v) is 15.8. The van der Waals surface area contributed by atoms with Gasteiger partial charge in [-0.3, -0.25) is 4.79 Å². The summed E-state index contributed by atoms with van der Waals surface area (Å²) in [5, 5.41) is 3.31. The Kier molecular flexibility index (Phi) is 5.39. The number of rotatable bonds is 5. The van der Waals surface area contributed by atoms with Gasteiger partial charge in [-0.25, -0.2) is 9.37 Å². The highest BCUT2D eigenvalue weighted by molar-refractivity contribution is 5.99. The first kappa shape index (κ1) is 18.9. The fourth-order valence-electron chi connectivity index (χ4n) is 3.27. The maximum atomic E-state index is 13.8. The Morgan fingerprint density at radius 3 is 2.45 bits per heavy atom. The van der Waals surface area contributed by atoms with Crippen LogP contribution in [0.5, 0.6) is 11.5 Å². The monoisotopic (exact) mass is 392 g/mol. The molecule has 1 fully saturated rings. The predicted octanol–water partition coefficient (Wildman–Crippen LogP) is 3.19. The van der Waals surface area contributed by atoms with Gasteiger partial charge in [0, 0.05) is 31.7 Å². The molecule has 3 aromatic rings. The number of pyridine rings is 1. The number of hydrogen-bond donors (Lipinski definition) is 2. The lowest BCUT2D eigenvalue weighted by Crippen LogP contribution is -2.44. The molecule has 2 heterocycles. The standard InChI is InChI=1S/C22H21FN4O2/c23-18-3-1-2-4-19(18)29-16-7-5-15(6-8-16)21-17(22(24)28)9-10-20(26-21)27-13-11-25-12-14-27/h1-10,25H,11-14H2,(H2,24,28). The number of nitrogens with two attached hydrogens (primary N) is 1. The van der Waals surface area contributed by atoms with Crippen molar-refractivity contribution in [3.8, 4) is 22.8 Å². The molecule has 1 amide bonds. The number of amides is 1. The van der Waals surface area contributed by atoms with E-state index < -0.39 is 11.7 Å². The Morgan fingerprint density at radius 1 is 1.03 bits per heavy atom. The van der Waals surface area contributed by atoms with Crippen molar-refractivity contribution in [2.75, 3.05) is 31.1 Å². The minimum absolute atomic E-state index is 0.150. The van der Waals surface area contributed by atoms with Crippen molar-refractivity contribution >= 4 is 11.7 Å². The predicted molar refractivity (Wildman–Crippen MR) is 110 cm³/mol. The van der Waals surface area contributed by atoms with Crippen LogP contribution in [0.4, 0.5) is 10.2 Å². The summed E-state index contributed by atoms with van der Waals surface area (Å²) in [4.78, 5) is 18.8. The molecule has 148 valence electrons. The Hall–Kier alpha value is -3.45. The van der Waals surface area contributed by atoms with Crippen LogP contribution in [0, 0.1) is 5.82 Å². The second-order valence-electron chi connectivity index (χ2n) is 6.72. The number of anilines is 1. The first-order chi connectivity index (χ1) is 14.1. The first-order valence-corrected chi connectivity index (χ1v) is 9.41. The number of aromatic nitrogens is 1. The normalized spacial score (nSPS) is 13.9. The van der Waals surface area contributed by atoms with Crippen LogP contribution in [0.25, 0.3) is 11.3 Å². The molecule has 6 nitrogen and oxygen atoms in total. The largest absolute Gasteiger partial charge is 0.454 e. The van der Waals surface area contributed by atoms with Gasteiger partial charge in [0.05, 0.1) is 11.3 Å². The summed E-state index contributed by atoms with van der Waals surface area (Å²) < 4.78 is 19.4. The second-order valence-corrected chi connectivity index (χ2v) is 6.72. The molecular formula is C22H21FN4O2. The molecular weight excluding hydrogens is 371 g/mol. The Bertz CT molecular complexity index is 1020. The van der Waals surface area contributed by atoms with Crippen molar-refractivity contribution in [3.05, 3.63) is 72.0 Å². The van der Waals surface area contributed by atoms with Crippen LogP contribution >= 0.6 is 0 Å². The molecule has 1 aliphatic rings. The summed E-state index contributed by atoms with van der Waals surface area (Å²) >= 11 is 0. The number of nitrogens with one attached hydrogen (secondary N) is 1. The van der Waals surface area contributed by atoms with Gasteiger partial charge in [0.2, 0.25) is 0 Å². The van der Waals surface area contributed by atoms with Crippen molar-refractivity contribution in [2.24, 2.45) is 5.73 Å². The molecule has 1 aliphatic heterocycles. The van der Waals surface area contributed by atoms with Gasteiger partial charge < -0.3 is 20.7 Å². The molecule has 1 aromatic heterocycles. The minimum Gasteiger partial charge on any atom is -0.454 e. The Labute approximate surface area is 168 Å². The van der Waals surface area contributed by atoms with Crippen LogP contribution in [-0.2, 0) is 0 Å². The maximum absolute atomic E-state index is 13.8. The maximum Gasteiger partial charge on any atom is 0.250 e. The summed E-state index contributed by atoms with van der Waals surface area (Å²) in [6, 6.07) is 16.7. The number of piperazine rings is 1. The fourth-order valence-corrected chi connectivity index (χ4v) is 3.27. The molecule has 2 aromatic carbocycles. The first-order valence-electron chi connectivity index (χ1n) is 9.41. The molecule has 0 radical (unpaired) electrons. The lowest BCUT2D eigenvalue weighted by Gasteiger charge is -2.29. The van der Waals surface area contributed by atoms with Gasteiger partial charge in [-0.15, -0.1) is 0 Å². The van der Waals surface area contributed by atoms with E-state index in [-0.39, 0.29) is 5.75 Å². The number of benzene rings is 2. The van der Waals surface area contributed by atoms with E-state index in [1.807, 2.05) is 6.07 Å². The molecule has 3 N–H and O–H groups in total. The number of carbonyl (C=O) groups excluding carboxylic acids is 1. The molecule has 1 saturated heterocycles. The summed E-state index contributed by atoms with van der Waals surface area (Å²) in [5.74, 6) is 0.469. The fraction of sp³-hybridized carbons (Fsp3) is 0.182. The molecule has 7 heteroatoms. The lowest BCUT2D eigenvalue weighted by molar-refractivity contribution is 0.100. The number of ether oxygens (including phenoxy) is 1. The summed E-state index contributed by atoms with van der Waals surface area (Å²) in [7, 11) is 0. The van der Waals surface area contributed by atoms with E-state index in [1.54, 1.807) is 48.5 Å². The van der Waals surface area contributed by atoms with Gasteiger partial charge in [-0.1, -0.05) is 12.1 Å². The molecule has 0 atom stereocenters. The van der Waals surface area contributed by atoms with Crippen molar-refractivity contribution in [2.45, 2.75) is 0 Å². The highest BCUT2D eigenvalue weighted by Gasteiger charge is 2.17. The third kappa shape index (κ3) is 4.20. The molecule has 0 bridgehead atoms. The summed E-state index contributed by atoms with van der Waals surface area (Å²) in [5.41, 5.74) is 7.17. The Morgan fingerprint density at radius 2 is 1.76 bits per heavy atom. The Balaban J connectivity index is 1.64. The quantitative estimate of drug-likeness (QED) is 0.697. The number of nitrogens with zero attached hydrogens (tertiary/aromatic N) is 2. The van der Waals surface area contributed by atoms with Crippen molar-refractivity contribution in [1.29, 1.82) is 0 Å². The number of carbonyl (C=O) groups is 1. The van der Waals surface area contributed by atoms with Crippen LogP contribution < -0.4 is 20.7 Å². The van der Waals surface area contributed by atoms with Gasteiger partial charge in [-0.05, 0) is 48.5 Å². The van der Waals surface area contributed by atoms with Crippen LogP contribution in [0.15, 0.2) is 60.7 Å². The van der Waals surface area contributed by atoms with Gasteiger partial charge in [0.15, 0.2) is 11.6 Å². The summed E-state index contributed by atoms with van der Waals surface area (Å²) in [6.07, 6.45) is 0. The third-order valence-electron chi connectivity index (χ3n) is 4.78.